The van der Waals surface area contributed by atoms with E-state index in [4.69, 9.17) is 27.4 Å². The average molecular weight is 271 g/mol. The minimum absolute atomic E-state index is 0.321. The van der Waals surface area contributed by atoms with Crippen LogP contribution in [0.25, 0.3) is 0 Å². The standard InChI is InChI=1S/C13H18FNO2S/c1-3-16-11-7-9(5-6-13(15)18)10(14)8-12(11)17-4-2/h7-8H,3-6H2,1-2H3,(H2,15,18). The Morgan fingerprint density at radius 2 is 1.78 bits per heavy atom. The van der Waals surface area contributed by atoms with Gasteiger partial charge >= 0.3 is 0 Å². The number of nitrogens with two attached hydrogens (primary N) is 1. The first-order chi connectivity index (χ1) is 8.58. The summed E-state index contributed by atoms with van der Waals surface area (Å²) in [5.74, 6) is 0.660. The lowest BCUT2D eigenvalue weighted by atomic mass is 10.1. The summed E-state index contributed by atoms with van der Waals surface area (Å²) < 4.78 is 24.6. The molecule has 0 saturated heterocycles. The van der Waals surface area contributed by atoms with Crippen LogP contribution in [0.1, 0.15) is 25.8 Å². The Bertz CT molecular complexity index is 424. The average Bonchev–Trinajstić information content (AvgIpc) is 2.31. The predicted octanol–water partition coefficient (Wildman–Crippen LogP) is 2.84. The third-order valence-electron chi connectivity index (χ3n) is 2.35. The molecule has 1 aromatic carbocycles. The molecule has 18 heavy (non-hydrogen) atoms. The smallest absolute Gasteiger partial charge is 0.164 e. The van der Waals surface area contributed by atoms with Gasteiger partial charge in [0.05, 0.1) is 18.2 Å². The zero-order valence-electron chi connectivity index (χ0n) is 10.7. The second kappa shape index (κ2) is 7.16. The van der Waals surface area contributed by atoms with Crippen LogP contribution in [0.5, 0.6) is 11.5 Å². The van der Waals surface area contributed by atoms with Gasteiger partial charge in [0.2, 0.25) is 0 Å². The summed E-state index contributed by atoms with van der Waals surface area (Å²) in [5.41, 5.74) is 5.95. The van der Waals surface area contributed by atoms with Crippen LogP contribution >= 0.6 is 12.2 Å². The van der Waals surface area contributed by atoms with Crippen molar-refractivity contribution in [3.8, 4) is 11.5 Å². The molecule has 0 aliphatic heterocycles. The minimum atomic E-state index is -0.321. The first-order valence-corrected chi connectivity index (χ1v) is 6.35. The van der Waals surface area contributed by atoms with Crippen LogP contribution in [-0.2, 0) is 6.42 Å². The normalized spacial score (nSPS) is 10.2. The van der Waals surface area contributed by atoms with Crippen LogP contribution in [0.4, 0.5) is 4.39 Å². The van der Waals surface area contributed by atoms with Crippen molar-refractivity contribution in [1.82, 2.24) is 0 Å². The highest BCUT2D eigenvalue weighted by atomic mass is 32.1. The second-order valence-electron chi connectivity index (χ2n) is 3.72. The van der Waals surface area contributed by atoms with E-state index >= 15 is 0 Å². The molecule has 2 N–H and O–H groups in total. The van der Waals surface area contributed by atoms with Crippen molar-refractivity contribution in [2.45, 2.75) is 26.7 Å². The minimum Gasteiger partial charge on any atom is -0.490 e. The molecule has 0 spiro atoms. The molecule has 0 atom stereocenters. The lowest BCUT2D eigenvalue weighted by molar-refractivity contribution is 0.285. The maximum atomic E-state index is 13.8. The largest absolute Gasteiger partial charge is 0.490 e. The first-order valence-electron chi connectivity index (χ1n) is 5.94. The molecule has 1 rings (SSSR count). The van der Waals surface area contributed by atoms with Crippen LogP contribution in [0.2, 0.25) is 0 Å². The van der Waals surface area contributed by atoms with Crippen LogP contribution in [0, 0.1) is 5.82 Å². The van der Waals surface area contributed by atoms with Gasteiger partial charge in [0, 0.05) is 12.5 Å². The fourth-order valence-corrected chi connectivity index (χ4v) is 1.67. The molecule has 100 valence electrons. The van der Waals surface area contributed by atoms with Crippen molar-refractivity contribution in [2.75, 3.05) is 13.2 Å². The summed E-state index contributed by atoms with van der Waals surface area (Å²) in [7, 11) is 0. The van der Waals surface area contributed by atoms with E-state index in [1.807, 2.05) is 13.8 Å². The monoisotopic (exact) mass is 271 g/mol. The van der Waals surface area contributed by atoms with Gasteiger partial charge in [-0.3, -0.25) is 0 Å². The van der Waals surface area contributed by atoms with Gasteiger partial charge < -0.3 is 15.2 Å². The molecule has 1 aromatic rings. The van der Waals surface area contributed by atoms with Gasteiger partial charge in [-0.1, -0.05) is 12.2 Å². The van der Waals surface area contributed by atoms with Gasteiger partial charge in [0.15, 0.2) is 11.5 Å². The molecule has 3 nitrogen and oxygen atoms in total. The Morgan fingerprint density at radius 3 is 2.28 bits per heavy atom. The summed E-state index contributed by atoms with van der Waals surface area (Å²) >= 11 is 4.79. The summed E-state index contributed by atoms with van der Waals surface area (Å²) in [6.07, 6.45) is 0.944. The van der Waals surface area contributed by atoms with Gasteiger partial charge in [0.1, 0.15) is 5.82 Å². The quantitative estimate of drug-likeness (QED) is 0.775. The maximum absolute atomic E-state index is 13.8. The number of ether oxygens (including phenoxy) is 2. The van der Waals surface area contributed by atoms with E-state index in [1.54, 1.807) is 6.07 Å². The molecule has 0 radical (unpaired) electrons. The van der Waals surface area contributed by atoms with E-state index < -0.39 is 0 Å². The van der Waals surface area contributed by atoms with Crippen molar-refractivity contribution in [2.24, 2.45) is 5.73 Å². The van der Waals surface area contributed by atoms with Crippen LogP contribution < -0.4 is 15.2 Å². The number of aryl methyl sites for hydroxylation is 1. The Kier molecular flexibility index (Phi) is 5.85. The Labute approximate surface area is 112 Å². The van der Waals surface area contributed by atoms with Crippen LogP contribution in [-0.4, -0.2) is 18.2 Å². The topological polar surface area (TPSA) is 44.5 Å². The van der Waals surface area contributed by atoms with Gasteiger partial charge in [-0.25, -0.2) is 4.39 Å². The number of rotatable bonds is 7. The molecule has 5 heteroatoms. The molecule has 0 heterocycles. The molecule has 0 saturated carbocycles. The molecule has 0 aliphatic rings. The Hall–Kier alpha value is -1.36. The van der Waals surface area contributed by atoms with E-state index in [0.717, 1.165) is 0 Å². The first kappa shape index (κ1) is 14.7. The third-order valence-corrected chi connectivity index (χ3v) is 2.56. The number of benzene rings is 1. The summed E-state index contributed by atoms with van der Waals surface area (Å²) in [6.45, 7) is 4.67. The number of thiocarbonyl (C=S) groups is 1. The van der Waals surface area contributed by atoms with Gasteiger partial charge in [0.25, 0.3) is 0 Å². The lowest BCUT2D eigenvalue weighted by Crippen LogP contribution is -2.09. The van der Waals surface area contributed by atoms with Crippen LogP contribution in [0.15, 0.2) is 12.1 Å². The fourth-order valence-electron chi connectivity index (χ4n) is 1.56. The second-order valence-corrected chi connectivity index (χ2v) is 4.25. The summed E-state index contributed by atoms with van der Waals surface area (Å²) in [6, 6.07) is 3.01. The molecule has 0 aliphatic carbocycles. The van der Waals surface area contributed by atoms with Crippen molar-refractivity contribution in [1.29, 1.82) is 0 Å². The zero-order valence-corrected chi connectivity index (χ0v) is 11.5. The van der Waals surface area contributed by atoms with Gasteiger partial charge in [-0.15, -0.1) is 0 Å². The Balaban J connectivity index is 2.97. The van der Waals surface area contributed by atoms with Crippen molar-refractivity contribution in [3.05, 3.63) is 23.5 Å². The van der Waals surface area contributed by atoms with Crippen molar-refractivity contribution >= 4 is 17.2 Å². The fraction of sp³-hybridized carbons (Fsp3) is 0.462. The molecule has 0 fully saturated rings. The number of hydrogen-bond acceptors (Lipinski definition) is 3. The highest BCUT2D eigenvalue weighted by Crippen LogP contribution is 2.31. The molecular weight excluding hydrogens is 253 g/mol. The molecule has 0 bridgehead atoms. The van der Waals surface area contributed by atoms with E-state index in [-0.39, 0.29) is 5.82 Å². The SMILES string of the molecule is CCOc1cc(F)c(CCC(N)=S)cc1OCC. The third kappa shape index (κ3) is 4.14. The van der Waals surface area contributed by atoms with Gasteiger partial charge in [-0.05, 0) is 31.9 Å². The molecule has 0 amide bonds. The Morgan fingerprint density at radius 1 is 1.22 bits per heavy atom. The van der Waals surface area contributed by atoms with E-state index in [0.29, 0.717) is 48.1 Å². The highest BCUT2D eigenvalue weighted by Gasteiger charge is 2.12. The number of halogens is 1. The molecule has 0 aromatic heterocycles. The van der Waals surface area contributed by atoms with Crippen LogP contribution in [0.3, 0.4) is 0 Å². The summed E-state index contributed by atoms with van der Waals surface area (Å²) in [4.78, 5) is 0.376. The van der Waals surface area contributed by atoms with Gasteiger partial charge in [-0.2, -0.15) is 0 Å². The number of hydrogen-bond donors (Lipinski definition) is 1. The zero-order chi connectivity index (χ0) is 13.5. The van der Waals surface area contributed by atoms with E-state index in [9.17, 15) is 4.39 Å². The maximum Gasteiger partial charge on any atom is 0.164 e. The molecule has 0 unspecified atom stereocenters. The predicted molar refractivity (Wildman–Crippen MR) is 73.8 cm³/mol. The molecular formula is C13H18FNO2S. The van der Waals surface area contributed by atoms with E-state index in [2.05, 4.69) is 0 Å². The van der Waals surface area contributed by atoms with E-state index in [1.165, 1.54) is 6.07 Å². The van der Waals surface area contributed by atoms with Crippen molar-refractivity contribution in [3.63, 3.8) is 0 Å². The van der Waals surface area contributed by atoms with Crippen molar-refractivity contribution < 1.29 is 13.9 Å². The lowest BCUT2D eigenvalue weighted by Gasteiger charge is -2.13. The summed E-state index contributed by atoms with van der Waals surface area (Å²) in [5, 5.41) is 0. The highest BCUT2D eigenvalue weighted by molar-refractivity contribution is 7.80.